The van der Waals surface area contributed by atoms with Gasteiger partial charge in [-0.15, -0.1) is 24.0 Å². The van der Waals surface area contributed by atoms with E-state index in [1.165, 1.54) is 0 Å². The van der Waals surface area contributed by atoms with E-state index in [1.54, 1.807) is 7.11 Å². The van der Waals surface area contributed by atoms with Gasteiger partial charge in [-0.1, -0.05) is 12.1 Å². The summed E-state index contributed by atoms with van der Waals surface area (Å²) < 4.78 is 5.20. The zero-order valence-electron chi connectivity index (χ0n) is 16.1. The number of carbonyl (C=O) groups is 1. The van der Waals surface area contributed by atoms with Crippen LogP contribution in [-0.2, 0) is 4.79 Å². The van der Waals surface area contributed by atoms with Crippen LogP contribution in [0, 0.1) is 5.92 Å². The molecular weight excluding hydrogens is 459 g/mol. The van der Waals surface area contributed by atoms with E-state index in [4.69, 9.17) is 10.5 Å². The lowest BCUT2D eigenvalue weighted by atomic mass is 9.95. The summed E-state index contributed by atoms with van der Waals surface area (Å²) >= 11 is 0. The number of benzene rings is 1. The first-order chi connectivity index (χ1) is 12.5. The quantitative estimate of drug-likeness (QED) is 0.308. The van der Waals surface area contributed by atoms with Crippen LogP contribution >= 0.6 is 24.0 Å². The number of aliphatic hydroxyl groups is 1. The molecule has 1 heterocycles. The molecule has 0 aliphatic carbocycles. The number of rotatable bonds is 7. The van der Waals surface area contributed by atoms with E-state index in [9.17, 15) is 9.90 Å². The highest BCUT2D eigenvalue weighted by Gasteiger charge is 2.23. The number of guanidine groups is 1. The van der Waals surface area contributed by atoms with Gasteiger partial charge in [-0.2, -0.15) is 0 Å². The Kier molecular flexibility index (Phi) is 10.5. The van der Waals surface area contributed by atoms with Gasteiger partial charge in [-0.25, -0.2) is 0 Å². The second-order valence-electron chi connectivity index (χ2n) is 6.61. The predicted molar refractivity (Wildman–Crippen MR) is 117 cm³/mol. The zero-order valence-corrected chi connectivity index (χ0v) is 18.4. The Morgan fingerprint density at radius 3 is 2.96 bits per heavy atom. The Bertz CT molecular complexity index is 627. The van der Waals surface area contributed by atoms with E-state index >= 15 is 0 Å². The average Bonchev–Trinajstić information content (AvgIpc) is 2.64. The molecular formula is C19H31IN4O3. The van der Waals surface area contributed by atoms with Crippen molar-refractivity contribution >= 4 is 35.8 Å². The summed E-state index contributed by atoms with van der Waals surface area (Å²) in [4.78, 5) is 18.0. The fourth-order valence-corrected chi connectivity index (χ4v) is 3.26. The third kappa shape index (κ3) is 7.53. The Balaban J connectivity index is 0.00000364. The summed E-state index contributed by atoms with van der Waals surface area (Å²) in [6, 6.07) is 7.37. The van der Waals surface area contributed by atoms with Crippen molar-refractivity contribution < 1.29 is 14.6 Å². The summed E-state index contributed by atoms with van der Waals surface area (Å²) in [7, 11) is 1.60. The number of likely N-dealkylation sites (tertiary alicyclic amines) is 1. The lowest BCUT2D eigenvalue weighted by Gasteiger charge is -2.34. The number of aliphatic imine (C=N–C) groups is 1. The lowest BCUT2D eigenvalue weighted by molar-refractivity contribution is -0.119. The summed E-state index contributed by atoms with van der Waals surface area (Å²) in [6.07, 6.45) is 1.71. The zero-order chi connectivity index (χ0) is 18.9. The molecule has 0 aromatic heterocycles. The van der Waals surface area contributed by atoms with E-state index in [2.05, 4.69) is 15.2 Å². The number of halogens is 1. The molecule has 0 spiro atoms. The van der Waals surface area contributed by atoms with Crippen LogP contribution in [-0.4, -0.2) is 55.2 Å². The fourth-order valence-electron chi connectivity index (χ4n) is 3.26. The van der Waals surface area contributed by atoms with Crippen molar-refractivity contribution in [3.63, 3.8) is 0 Å². The maximum atomic E-state index is 11.2. The Labute approximate surface area is 178 Å². The molecule has 1 saturated heterocycles. The first kappa shape index (κ1) is 23.5. The number of hydrogen-bond donors (Lipinski definition) is 3. The first-order valence-electron chi connectivity index (χ1n) is 9.17. The van der Waals surface area contributed by atoms with Crippen LogP contribution in [0.4, 0.5) is 0 Å². The monoisotopic (exact) mass is 490 g/mol. The topological polar surface area (TPSA) is 100 Å². The van der Waals surface area contributed by atoms with Crippen LogP contribution in [0.15, 0.2) is 29.3 Å². The number of carbonyl (C=O) groups excluding carboxylic acids is 1. The maximum absolute atomic E-state index is 11.2. The van der Waals surface area contributed by atoms with Crippen molar-refractivity contribution in [2.75, 3.05) is 33.3 Å². The lowest BCUT2D eigenvalue weighted by Crippen LogP contribution is -2.47. The van der Waals surface area contributed by atoms with Crippen LogP contribution < -0.4 is 15.8 Å². The van der Waals surface area contributed by atoms with Gasteiger partial charge in [0.25, 0.3) is 0 Å². The molecule has 1 aliphatic heterocycles. The van der Waals surface area contributed by atoms with Crippen molar-refractivity contribution in [1.82, 2.24) is 10.2 Å². The van der Waals surface area contributed by atoms with Crippen LogP contribution in [0.2, 0.25) is 0 Å². The van der Waals surface area contributed by atoms with Gasteiger partial charge < -0.3 is 25.8 Å². The van der Waals surface area contributed by atoms with E-state index in [-0.39, 0.29) is 42.3 Å². The van der Waals surface area contributed by atoms with Gasteiger partial charge in [-0.05, 0) is 43.4 Å². The summed E-state index contributed by atoms with van der Waals surface area (Å²) in [5.74, 6) is 1.48. The molecule has 1 aliphatic rings. The number of methoxy groups -OCH3 is 1. The second-order valence-corrected chi connectivity index (χ2v) is 6.61. The molecule has 1 aromatic carbocycles. The standard InChI is InChI=1S/C19H30N4O3.HI/c1-3-21-19(23-9-5-6-14(13-23)10-18(20)25)22-12-17(24)15-7-4-8-16(11-15)26-2;/h4,7-8,11,14,17,24H,3,5-6,9-10,12-13H2,1-2H3,(H2,20,25)(H,21,22);1H. The highest BCUT2D eigenvalue weighted by molar-refractivity contribution is 14.0. The summed E-state index contributed by atoms with van der Waals surface area (Å²) in [6.45, 7) is 4.65. The highest BCUT2D eigenvalue weighted by Crippen LogP contribution is 2.21. The van der Waals surface area contributed by atoms with Gasteiger partial charge in [0.15, 0.2) is 5.96 Å². The van der Waals surface area contributed by atoms with Crippen molar-refractivity contribution in [2.45, 2.75) is 32.3 Å². The number of nitrogens with zero attached hydrogens (tertiary/aromatic N) is 2. The van der Waals surface area contributed by atoms with Crippen LogP contribution in [0.5, 0.6) is 5.75 Å². The number of nitrogens with one attached hydrogen (secondary N) is 1. The first-order valence-corrected chi connectivity index (χ1v) is 9.17. The Morgan fingerprint density at radius 1 is 1.52 bits per heavy atom. The average molecular weight is 490 g/mol. The molecule has 2 rings (SSSR count). The molecule has 1 aromatic rings. The molecule has 7 nitrogen and oxygen atoms in total. The van der Waals surface area contributed by atoms with Gasteiger partial charge >= 0.3 is 0 Å². The number of aliphatic hydroxyl groups excluding tert-OH is 1. The van der Waals surface area contributed by atoms with E-state index < -0.39 is 6.10 Å². The molecule has 2 atom stereocenters. The maximum Gasteiger partial charge on any atom is 0.217 e. The van der Waals surface area contributed by atoms with E-state index in [1.807, 2.05) is 31.2 Å². The van der Waals surface area contributed by atoms with Gasteiger partial charge in [0.1, 0.15) is 5.75 Å². The van der Waals surface area contributed by atoms with Gasteiger partial charge in [0, 0.05) is 26.1 Å². The van der Waals surface area contributed by atoms with Crippen LogP contribution in [0.25, 0.3) is 0 Å². The van der Waals surface area contributed by atoms with Crippen LogP contribution in [0.3, 0.4) is 0 Å². The number of ether oxygens (including phenoxy) is 1. The SMILES string of the molecule is CCNC(=NCC(O)c1cccc(OC)c1)N1CCCC(CC(N)=O)C1.I. The minimum absolute atomic E-state index is 0. The van der Waals surface area contributed by atoms with Crippen molar-refractivity contribution in [3.8, 4) is 5.75 Å². The second kappa shape index (κ2) is 12.0. The third-order valence-corrected chi connectivity index (χ3v) is 4.54. The molecule has 152 valence electrons. The molecule has 0 radical (unpaired) electrons. The molecule has 1 amide bonds. The molecule has 27 heavy (non-hydrogen) atoms. The summed E-state index contributed by atoms with van der Waals surface area (Å²) in [5.41, 5.74) is 6.12. The fraction of sp³-hybridized carbons (Fsp3) is 0.579. The Hall–Kier alpha value is -1.55. The number of amides is 1. The van der Waals surface area contributed by atoms with E-state index in [0.29, 0.717) is 12.2 Å². The number of hydrogen-bond acceptors (Lipinski definition) is 4. The smallest absolute Gasteiger partial charge is 0.217 e. The van der Waals surface area contributed by atoms with Gasteiger partial charge in [0.2, 0.25) is 5.91 Å². The predicted octanol–water partition coefficient (Wildman–Crippen LogP) is 1.90. The molecule has 8 heteroatoms. The minimum atomic E-state index is -0.704. The molecule has 0 bridgehead atoms. The largest absolute Gasteiger partial charge is 0.497 e. The van der Waals surface area contributed by atoms with Crippen molar-refractivity contribution in [2.24, 2.45) is 16.6 Å². The third-order valence-electron chi connectivity index (χ3n) is 4.54. The van der Waals surface area contributed by atoms with Crippen molar-refractivity contribution in [3.05, 3.63) is 29.8 Å². The van der Waals surface area contributed by atoms with E-state index in [0.717, 1.165) is 44.0 Å². The Morgan fingerprint density at radius 2 is 2.30 bits per heavy atom. The number of nitrogens with two attached hydrogens (primary N) is 1. The number of piperidine rings is 1. The minimum Gasteiger partial charge on any atom is -0.497 e. The highest BCUT2D eigenvalue weighted by atomic mass is 127. The van der Waals surface area contributed by atoms with Crippen LogP contribution in [0.1, 0.15) is 37.9 Å². The molecule has 2 unspecified atom stereocenters. The molecule has 1 fully saturated rings. The van der Waals surface area contributed by atoms with Gasteiger partial charge in [0.05, 0.1) is 19.8 Å². The molecule has 4 N–H and O–H groups in total. The normalized spacial score (nSPS) is 18.4. The van der Waals surface area contributed by atoms with Gasteiger partial charge in [-0.3, -0.25) is 9.79 Å². The molecule has 0 saturated carbocycles. The summed E-state index contributed by atoms with van der Waals surface area (Å²) in [5, 5.41) is 13.7. The van der Waals surface area contributed by atoms with Crippen molar-refractivity contribution in [1.29, 1.82) is 0 Å². The number of primary amides is 1.